The molecule has 0 bridgehead atoms. The number of imidazole rings is 1. The molecular formula is C21H22ClN5O. The van der Waals surface area contributed by atoms with Gasteiger partial charge in [0.25, 0.3) is 5.91 Å². The number of hydrogen-bond donors (Lipinski definition) is 1. The van der Waals surface area contributed by atoms with E-state index in [-0.39, 0.29) is 5.91 Å². The first kappa shape index (κ1) is 18.7. The molecule has 1 saturated heterocycles. The van der Waals surface area contributed by atoms with Gasteiger partial charge in [-0.2, -0.15) is 0 Å². The predicted octanol–water partition coefficient (Wildman–Crippen LogP) is 4.03. The summed E-state index contributed by atoms with van der Waals surface area (Å²) in [4.78, 5) is 21.7. The van der Waals surface area contributed by atoms with E-state index in [1.54, 1.807) is 18.6 Å². The van der Waals surface area contributed by atoms with Gasteiger partial charge in [-0.25, -0.2) is 9.99 Å². The second-order valence-corrected chi connectivity index (χ2v) is 7.41. The third-order valence-electron chi connectivity index (χ3n) is 4.92. The highest BCUT2D eigenvalue weighted by molar-refractivity contribution is 6.30. The fraction of sp³-hybridized carbons (Fsp3) is 0.286. The lowest BCUT2D eigenvalue weighted by Gasteiger charge is -2.26. The summed E-state index contributed by atoms with van der Waals surface area (Å²) in [5.41, 5.74) is 6.18. The minimum Gasteiger partial charge on any atom is -0.299 e. The minimum atomic E-state index is -0.192. The summed E-state index contributed by atoms with van der Waals surface area (Å²) in [6, 6.07) is 9.39. The van der Waals surface area contributed by atoms with Crippen molar-refractivity contribution >= 4 is 17.5 Å². The normalized spacial score (nSPS) is 14.8. The number of aryl methyl sites for hydroxylation is 1. The van der Waals surface area contributed by atoms with Gasteiger partial charge >= 0.3 is 0 Å². The molecule has 2 aromatic heterocycles. The van der Waals surface area contributed by atoms with Crippen LogP contribution in [0.25, 0.3) is 17.1 Å². The van der Waals surface area contributed by atoms with Crippen LogP contribution in [0.4, 0.5) is 0 Å². The summed E-state index contributed by atoms with van der Waals surface area (Å²) >= 11 is 6.04. The van der Waals surface area contributed by atoms with Crippen molar-refractivity contribution in [3.05, 3.63) is 65.2 Å². The Morgan fingerprint density at radius 1 is 1.11 bits per heavy atom. The van der Waals surface area contributed by atoms with Crippen LogP contribution in [-0.4, -0.2) is 38.5 Å². The van der Waals surface area contributed by atoms with Crippen molar-refractivity contribution < 1.29 is 4.79 Å². The molecule has 144 valence electrons. The van der Waals surface area contributed by atoms with E-state index in [1.807, 2.05) is 46.8 Å². The Kier molecular flexibility index (Phi) is 5.41. The van der Waals surface area contributed by atoms with Gasteiger partial charge in [-0.05, 0) is 55.7 Å². The molecule has 0 radical (unpaired) electrons. The van der Waals surface area contributed by atoms with Crippen molar-refractivity contribution in [2.75, 3.05) is 13.1 Å². The number of benzene rings is 1. The molecule has 1 aromatic carbocycles. The first-order valence-corrected chi connectivity index (χ1v) is 9.82. The predicted molar refractivity (Wildman–Crippen MR) is 109 cm³/mol. The molecule has 0 atom stereocenters. The van der Waals surface area contributed by atoms with Gasteiger partial charge in [0.15, 0.2) is 0 Å². The number of hydrazine groups is 1. The van der Waals surface area contributed by atoms with Crippen molar-refractivity contribution in [1.82, 2.24) is 25.0 Å². The Hall–Kier alpha value is -2.70. The van der Waals surface area contributed by atoms with Crippen LogP contribution in [-0.2, 0) is 0 Å². The maximum atomic E-state index is 12.8. The fourth-order valence-electron chi connectivity index (χ4n) is 3.41. The van der Waals surface area contributed by atoms with Crippen molar-refractivity contribution in [1.29, 1.82) is 0 Å². The topological polar surface area (TPSA) is 63.1 Å². The number of pyridine rings is 1. The van der Waals surface area contributed by atoms with Gasteiger partial charge in [0.1, 0.15) is 11.5 Å². The van der Waals surface area contributed by atoms with Crippen molar-refractivity contribution in [2.24, 2.45) is 0 Å². The highest BCUT2D eigenvalue weighted by atomic mass is 35.5. The SMILES string of the molecule is Cc1cnccc1-c1nc(C(=O)NN2CCCCC2)cn1-c1ccc(Cl)cc1. The number of carbonyl (C=O) groups is 1. The quantitative estimate of drug-likeness (QED) is 0.724. The van der Waals surface area contributed by atoms with Gasteiger partial charge in [-0.3, -0.25) is 19.8 Å². The number of nitrogens with zero attached hydrogens (tertiary/aromatic N) is 4. The molecule has 1 aliphatic heterocycles. The second-order valence-electron chi connectivity index (χ2n) is 6.98. The Bertz CT molecular complexity index is 977. The molecule has 1 aliphatic rings. The van der Waals surface area contributed by atoms with Crippen LogP contribution in [0.5, 0.6) is 0 Å². The zero-order valence-corrected chi connectivity index (χ0v) is 16.5. The van der Waals surface area contributed by atoms with Crippen LogP contribution in [0.2, 0.25) is 5.02 Å². The van der Waals surface area contributed by atoms with Gasteiger partial charge in [-0.1, -0.05) is 18.0 Å². The highest BCUT2D eigenvalue weighted by Crippen LogP contribution is 2.26. The van der Waals surface area contributed by atoms with Crippen LogP contribution >= 0.6 is 11.6 Å². The minimum absolute atomic E-state index is 0.192. The molecule has 3 heterocycles. The van der Waals surface area contributed by atoms with E-state index in [1.165, 1.54) is 6.42 Å². The summed E-state index contributed by atoms with van der Waals surface area (Å²) < 4.78 is 1.92. The van der Waals surface area contributed by atoms with Gasteiger partial charge in [0.2, 0.25) is 0 Å². The zero-order valence-electron chi connectivity index (χ0n) is 15.7. The summed E-state index contributed by atoms with van der Waals surface area (Å²) in [6.45, 7) is 3.73. The maximum Gasteiger partial charge on any atom is 0.285 e. The molecule has 4 rings (SSSR count). The molecule has 1 N–H and O–H groups in total. The maximum absolute atomic E-state index is 12.8. The van der Waals surface area contributed by atoms with Crippen molar-refractivity contribution in [3.63, 3.8) is 0 Å². The van der Waals surface area contributed by atoms with Crippen molar-refractivity contribution in [3.8, 4) is 17.1 Å². The Morgan fingerprint density at radius 2 is 1.86 bits per heavy atom. The number of carbonyl (C=O) groups excluding carboxylic acids is 1. The number of hydrogen-bond acceptors (Lipinski definition) is 4. The second kappa shape index (κ2) is 8.12. The van der Waals surface area contributed by atoms with Gasteiger partial charge in [0.05, 0.1) is 0 Å². The van der Waals surface area contributed by atoms with E-state index in [0.29, 0.717) is 16.5 Å². The first-order chi connectivity index (χ1) is 13.6. The van der Waals surface area contributed by atoms with E-state index in [2.05, 4.69) is 15.4 Å². The molecule has 0 unspecified atom stereocenters. The molecule has 0 aliphatic carbocycles. The Balaban J connectivity index is 1.72. The van der Waals surface area contributed by atoms with Crippen LogP contribution in [0, 0.1) is 6.92 Å². The van der Waals surface area contributed by atoms with Gasteiger partial charge < -0.3 is 0 Å². The average Bonchev–Trinajstić information content (AvgIpc) is 3.15. The molecule has 6 nitrogen and oxygen atoms in total. The number of aromatic nitrogens is 3. The average molecular weight is 396 g/mol. The first-order valence-electron chi connectivity index (χ1n) is 9.44. The lowest BCUT2D eigenvalue weighted by molar-refractivity contribution is 0.0745. The molecular weight excluding hydrogens is 374 g/mol. The third-order valence-corrected chi connectivity index (χ3v) is 5.17. The molecule has 7 heteroatoms. The molecule has 3 aromatic rings. The van der Waals surface area contributed by atoms with E-state index < -0.39 is 0 Å². The summed E-state index contributed by atoms with van der Waals surface area (Å²) in [5.74, 6) is 0.508. The molecule has 1 amide bonds. The zero-order chi connectivity index (χ0) is 19.5. The number of rotatable bonds is 4. The third kappa shape index (κ3) is 3.93. The highest BCUT2D eigenvalue weighted by Gasteiger charge is 2.20. The Morgan fingerprint density at radius 3 is 2.57 bits per heavy atom. The van der Waals surface area contributed by atoms with Crippen molar-refractivity contribution in [2.45, 2.75) is 26.2 Å². The van der Waals surface area contributed by atoms with Crippen LogP contribution in [0.1, 0.15) is 35.3 Å². The number of halogens is 1. The summed E-state index contributed by atoms with van der Waals surface area (Å²) in [6.07, 6.45) is 8.71. The summed E-state index contributed by atoms with van der Waals surface area (Å²) in [5, 5.41) is 2.64. The summed E-state index contributed by atoms with van der Waals surface area (Å²) in [7, 11) is 0. The molecule has 0 spiro atoms. The van der Waals surface area contributed by atoms with Crippen LogP contribution in [0.15, 0.2) is 48.9 Å². The fourth-order valence-corrected chi connectivity index (χ4v) is 3.54. The van der Waals surface area contributed by atoms with E-state index in [0.717, 1.165) is 42.7 Å². The van der Waals surface area contributed by atoms with E-state index in [9.17, 15) is 4.79 Å². The monoisotopic (exact) mass is 395 g/mol. The number of nitrogens with one attached hydrogen (secondary N) is 1. The largest absolute Gasteiger partial charge is 0.299 e. The number of amides is 1. The van der Waals surface area contributed by atoms with E-state index >= 15 is 0 Å². The van der Waals surface area contributed by atoms with Gasteiger partial charge in [-0.15, -0.1) is 0 Å². The lowest BCUT2D eigenvalue weighted by Crippen LogP contribution is -2.45. The van der Waals surface area contributed by atoms with Crippen LogP contribution in [0.3, 0.4) is 0 Å². The lowest BCUT2D eigenvalue weighted by atomic mass is 10.1. The smallest absolute Gasteiger partial charge is 0.285 e. The number of piperidine rings is 1. The standard InChI is InChI=1S/C21H22ClN5O/c1-15-13-23-10-9-18(15)20-24-19(21(28)25-26-11-3-2-4-12-26)14-27(20)17-7-5-16(22)6-8-17/h5-10,13-14H,2-4,11-12H2,1H3,(H,25,28). The Labute approximate surface area is 169 Å². The molecule has 0 saturated carbocycles. The van der Waals surface area contributed by atoms with Gasteiger partial charge in [0, 0.05) is 48.0 Å². The van der Waals surface area contributed by atoms with Crippen LogP contribution < -0.4 is 5.43 Å². The van der Waals surface area contributed by atoms with E-state index in [4.69, 9.17) is 11.6 Å². The molecule has 28 heavy (non-hydrogen) atoms. The molecule has 1 fully saturated rings.